The molecule has 0 amide bonds. The molecule has 2 aromatic rings. The first-order valence-corrected chi connectivity index (χ1v) is 20.4. The maximum Gasteiger partial charge on any atom is 0.310 e. The number of pyridine rings is 1. The number of aromatic nitrogens is 1. The molecule has 2 heterocycles. The molecule has 1 unspecified atom stereocenters. The van der Waals surface area contributed by atoms with Gasteiger partial charge in [0.2, 0.25) is 0 Å². The number of hydrogen-bond donors (Lipinski definition) is 1. The van der Waals surface area contributed by atoms with Gasteiger partial charge in [0.25, 0.3) is 0 Å². The first-order chi connectivity index (χ1) is 20.0. The van der Waals surface area contributed by atoms with Crippen LogP contribution in [0.25, 0.3) is 5.57 Å². The lowest BCUT2D eigenvalue weighted by Crippen LogP contribution is -2.46. The van der Waals surface area contributed by atoms with Crippen molar-refractivity contribution in [2.24, 2.45) is 5.41 Å². The molecule has 1 N–H and O–H groups in total. The molecular weight excluding hydrogens is 614 g/mol. The van der Waals surface area contributed by atoms with Crippen LogP contribution in [-0.4, -0.2) is 31.6 Å². The number of ether oxygens (including phenoxy) is 1. The van der Waals surface area contributed by atoms with Crippen molar-refractivity contribution < 1.29 is 33.7 Å². The van der Waals surface area contributed by atoms with Gasteiger partial charge in [0.1, 0.15) is 11.0 Å². The van der Waals surface area contributed by atoms with Crippen LogP contribution in [0.15, 0.2) is 35.2 Å². The molecule has 1 aliphatic heterocycles. The summed E-state index contributed by atoms with van der Waals surface area (Å²) in [6.07, 6.45) is 6.00. The molecule has 0 bridgehead atoms. The Morgan fingerprint density at radius 1 is 1.07 bits per heavy atom. The van der Waals surface area contributed by atoms with Gasteiger partial charge in [-0.2, -0.15) is 0 Å². The van der Waals surface area contributed by atoms with Crippen LogP contribution in [0.2, 0.25) is 18.1 Å². The number of rotatable bonds is 7. The zero-order valence-electron chi connectivity index (χ0n) is 26.8. The minimum absolute atomic E-state index is 0.0479. The van der Waals surface area contributed by atoms with E-state index in [-0.39, 0.29) is 28.0 Å². The van der Waals surface area contributed by atoms with Crippen molar-refractivity contribution >= 4 is 24.1 Å². The fourth-order valence-corrected chi connectivity index (χ4v) is 8.59. The molecule has 4 nitrogen and oxygen atoms in total. The lowest BCUT2D eigenvalue weighted by atomic mass is 9.59. The summed E-state index contributed by atoms with van der Waals surface area (Å²) < 4.78 is 80.5. The predicted octanol–water partition coefficient (Wildman–Crippen LogP) is 10.9. The number of halogens is 5. The van der Waals surface area contributed by atoms with Gasteiger partial charge in [-0.25, -0.2) is 0 Å². The van der Waals surface area contributed by atoms with Crippen LogP contribution >= 0.6 is 10.2 Å². The number of aliphatic hydroxyl groups is 1. The van der Waals surface area contributed by atoms with Gasteiger partial charge >= 0.3 is 10.2 Å². The average molecular weight is 660 g/mol. The maximum atomic E-state index is 13.5. The van der Waals surface area contributed by atoms with Crippen molar-refractivity contribution in [3.05, 3.63) is 64.0 Å². The van der Waals surface area contributed by atoms with Gasteiger partial charge in [-0.3, -0.25) is 4.98 Å². The van der Waals surface area contributed by atoms with Gasteiger partial charge in [-0.15, -0.1) is 0 Å². The molecule has 2 atom stereocenters. The zero-order chi connectivity index (χ0) is 32.6. The van der Waals surface area contributed by atoms with Crippen molar-refractivity contribution in [1.82, 2.24) is 4.98 Å². The van der Waals surface area contributed by atoms with Crippen LogP contribution in [-0.2, 0) is 15.6 Å². The minimum Gasteiger partial charge on any atom is -0.410 e. The van der Waals surface area contributed by atoms with Gasteiger partial charge in [-0.1, -0.05) is 78.7 Å². The van der Waals surface area contributed by atoms with E-state index in [1.807, 2.05) is 19.9 Å². The smallest absolute Gasteiger partial charge is 0.310 e. The summed E-state index contributed by atoms with van der Waals surface area (Å²) >= 11 is 0. The molecule has 1 spiro atoms. The number of fused-ring (bicyclic) bond motifs is 1. The molecule has 1 aromatic heterocycles. The Labute approximate surface area is 259 Å². The van der Waals surface area contributed by atoms with Crippen LogP contribution in [0, 0.1) is 5.41 Å². The van der Waals surface area contributed by atoms with Crippen molar-refractivity contribution in [3.8, 4) is 0 Å². The molecule has 0 radical (unpaired) electrons. The molecule has 5 rings (SSSR count). The molecule has 0 saturated heterocycles. The quantitative estimate of drug-likeness (QED) is 0.237. The normalized spacial score (nSPS) is 23.0. The van der Waals surface area contributed by atoms with E-state index in [0.717, 1.165) is 60.2 Å². The highest BCUT2D eigenvalue weighted by molar-refractivity contribution is 8.45. The second-order valence-electron chi connectivity index (χ2n) is 14.9. The monoisotopic (exact) mass is 659 g/mol. The zero-order valence-corrected chi connectivity index (χ0v) is 28.6. The van der Waals surface area contributed by atoms with E-state index < -0.39 is 29.5 Å². The van der Waals surface area contributed by atoms with Gasteiger partial charge in [0, 0.05) is 22.5 Å². The third-order valence-corrected chi connectivity index (χ3v) is 15.9. The van der Waals surface area contributed by atoms with Crippen molar-refractivity contribution in [3.63, 3.8) is 0 Å². The molecule has 11 heteroatoms. The van der Waals surface area contributed by atoms with Crippen molar-refractivity contribution in [2.45, 2.75) is 114 Å². The Balaban J connectivity index is 1.75. The van der Waals surface area contributed by atoms with Crippen molar-refractivity contribution in [1.29, 1.82) is 0 Å². The number of aliphatic hydroxyl groups excluding tert-OH is 1. The lowest BCUT2D eigenvalue weighted by Gasteiger charge is -2.51. The second kappa shape index (κ2) is 10.4. The van der Waals surface area contributed by atoms with E-state index in [9.17, 15) is 24.5 Å². The van der Waals surface area contributed by atoms with E-state index in [0.29, 0.717) is 43.0 Å². The van der Waals surface area contributed by atoms with E-state index in [2.05, 4.69) is 33.9 Å². The van der Waals surface area contributed by atoms with Crippen LogP contribution < -0.4 is 0 Å². The molecular formula is C33H46F5NO3SSi. The van der Waals surface area contributed by atoms with Crippen LogP contribution in [0.4, 0.5) is 19.4 Å². The average Bonchev–Trinajstić information content (AvgIpc) is 2.89. The Hall–Kier alpha value is -1.79. The van der Waals surface area contributed by atoms with E-state index in [1.54, 1.807) is 0 Å². The summed E-state index contributed by atoms with van der Waals surface area (Å²) in [5.74, 6) is -0.118. The largest absolute Gasteiger partial charge is 0.410 e. The molecule has 246 valence electrons. The van der Waals surface area contributed by atoms with E-state index in [4.69, 9.17) is 14.1 Å². The highest BCUT2D eigenvalue weighted by atomic mass is 32.5. The standard InChI is InChI=1S/C33H46F5NO3SSi/c1-21(2)30-29(31(40)23-9-11-24(12-10-23)43(34,35,36,37)38)27(22-13-17-41-18-14-22)28-25(39-30)19-33(15-8-16-33)20-26(28)42-44(6,7)32(3,4)5/h9-13,21,26,31,40H,8,14-20H2,1-7H3/t26-,31?/m0/s1. The molecule has 3 aliphatic rings. The summed E-state index contributed by atoms with van der Waals surface area (Å²) in [4.78, 5) is 3.26. The van der Waals surface area contributed by atoms with Gasteiger partial charge < -0.3 is 14.3 Å². The van der Waals surface area contributed by atoms with Crippen LogP contribution in [0.1, 0.15) is 118 Å². The number of nitrogens with zero attached hydrogens (tertiary/aromatic N) is 1. The van der Waals surface area contributed by atoms with E-state index in [1.165, 1.54) is 6.42 Å². The highest BCUT2D eigenvalue weighted by Crippen LogP contribution is 3.02. The second-order valence-corrected chi connectivity index (χ2v) is 22.1. The lowest BCUT2D eigenvalue weighted by molar-refractivity contribution is 0.0296. The maximum absolute atomic E-state index is 13.5. The molecule has 2 aliphatic carbocycles. The fraction of sp³-hybridized carbons (Fsp3) is 0.606. The third-order valence-electron chi connectivity index (χ3n) is 10.3. The van der Waals surface area contributed by atoms with Gasteiger partial charge in [-0.05, 0) is 90.4 Å². The Morgan fingerprint density at radius 2 is 1.70 bits per heavy atom. The van der Waals surface area contributed by atoms with Crippen molar-refractivity contribution in [2.75, 3.05) is 13.2 Å². The first kappa shape index (κ1) is 33.6. The van der Waals surface area contributed by atoms with Gasteiger partial charge in [0.15, 0.2) is 8.32 Å². The van der Waals surface area contributed by atoms with Crippen LogP contribution in [0.3, 0.4) is 0 Å². The molecule has 1 saturated carbocycles. The molecule has 44 heavy (non-hydrogen) atoms. The fourth-order valence-electron chi connectivity index (χ4n) is 6.67. The third kappa shape index (κ3) is 6.41. The summed E-state index contributed by atoms with van der Waals surface area (Å²) in [6, 6.07) is 2.66. The number of hydrogen-bond acceptors (Lipinski definition) is 4. The van der Waals surface area contributed by atoms with Crippen LogP contribution in [0.5, 0.6) is 0 Å². The summed E-state index contributed by atoms with van der Waals surface area (Å²) in [5.41, 5.74) is 5.15. The van der Waals surface area contributed by atoms with E-state index >= 15 is 0 Å². The predicted molar refractivity (Wildman–Crippen MR) is 169 cm³/mol. The summed E-state index contributed by atoms with van der Waals surface area (Å²) in [6.45, 7) is 15.9. The summed E-state index contributed by atoms with van der Waals surface area (Å²) in [5, 5.41) is 11.9. The Kier molecular flexibility index (Phi) is 7.90. The molecule has 1 aromatic carbocycles. The SMILES string of the molecule is CC(C)c1nc2c(c(C3=CCOCC3)c1C(O)c1ccc(S(F)(F)(F)(F)F)cc1)[C@@H](O[Si](C)(C)C(C)(C)C)CC1(CCC1)C2. The van der Waals surface area contributed by atoms with Gasteiger partial charge in [0.05, 0.1) is 19.3 Å². The topological polar surface area (TPSA) is 51.6 Å². The first-order valence-electron chi connectivity index (χ1n) is 15.6. The minimum atomic E-state index is -9.87. The summed E-state index contributed by atoms with van der Waals surface area (Å²) in [7, 11) is -12.1. The Morgan fingerprint density at radius 3 is 2.18 bits per heavy atom. The Bertz CT molecular complexity index is 1460. The number of benzene rings is 1. The molecule has 1 fully saturated rings. The highest BCUT2D eigenvalue weighted by Gasteiger charge is 2.65.